The van der Waals surface area contributed by atoms with Crippen LogP contribution >= 0.6 is 0 Å². The van der Waals surface area contributed by atoms with E-state index in [0.29, 0.717) is 11.4 Å². The Morgan fingerprint density at radius 1 is 1.33 bits per heavy atom. The average Bonchev–Trinajstić information content (AvgIpc) is 2.90. The summed E-state index contributed by atoms with van der Waals surface area (Å²) in [7, 11) is 1.12. The molecule has 0 saturated carbocycles. The first kappa shape index (κ1) is 19.4. The lowest BCUT2D eigenvalue weighted by Crippen LogP contribution is -2.58. The molecule has 10 nitrogen and oxygen atoms in total. The Kier molecular flexibility index (Phi) is 4.23. The van der Waals surface area contributed by atoms with E-state index in [-0.39, 0.29) is 16.9 Å². The van der Waals surface area contributed by atoms with Crippen LogP contribution in [0.4, 0.5) is 5.69 Å². The minimum absolute atomic E-state index is 0.00881. The molecule has 1 aromatic heterocycles. The number of rotatable bonds is 3. The van der Waals surface area contributed by atoms with Crippen LogP contribution in [0.5, 0.6) is 5.75 Å². The number of fused-ring (bicyclic) bond motifs is 4. The highest BCUT2D eigenvalue weighted by Gasteiger charge is 2.65. The van der Waals surface area contributed by atoms with Crippen molar-refractivity contribution in [2.45, 2.75) is 12.3 Å². The zero-order chi connectivity index (χ0) is 21.8. The molecule has 0 fully saturated rings. The molecular formula is C20H18N4O6. The van der Waals surface area contributed by atoms with Gasteiger partial charge in [0.05, 0.1) is 12.7 Å². The third-order valence-electron chi connectivity index (χ3n) is 5.39. The van der Waals surface area contributed by atoms with Crippen molar-refractivity contribution in [3.8, 4) is 5.75 Å². The van der Waals surface area contributed by atoms with Crippen molar-refractivity contribution in [3.63, 3.8) is 0 Å². The number of nitrogens with one attached hydrogen (secondary N) is 2. The molecule has 2 aliphatic heterocycles. The van der Waals surface area contributed by atoms with Crippen LogP contribution < -0.4 is 20.9 Å². The quantitative estimate of drug-likeness (QED) is 0.603. The van der Waals surface area contributed by atoms with E-state index < -0.39 is 47.1 Å². The van der Waals surface area contributed by atoms with E-state index in [1.54, 1.807) is 31.2 Å². The summed E-state index contributed by atoms with van der Waals surface area (Å²) < 4.78 is 10.4. The van der Waals surface area contributed by atoms with E-state index in [1.165, 1.54) is 6.07 Å². The molecule has 2 atom stereocenters. The number of H-pyrrole nitrogens is 1. The van der Waals surface area contributed by atoms with Gasteiger partial charge in [0.25, 0.3) is 5.56 Å². The maximum atomic E-state index is 13.9. The molecular weight excluding hydrogens is 392 g/mol. The number of ether oxygens (including phenoxy) is 2. The first-order valence-corrected chi connectivity index (χ1v) is 9.01. The van der Waals surface area contributed by atoms with E-state index in [2.05, 4.69) is 4.98 Å². The minimum Gasteiger partial charge on any atom is -0.468 e. The fourth-order valence-corrected chi connectivity index (χ4v) is 4.35. The summed E-state index contributed by atoms with van der Waals surface area (Å²) in [6.07, 6.45) is 0. The molecule has 4 rings (SSSR count). The predicted molar refractivity (Wildman–Crippen MR) is 104 cm³/mol. The zero-order valence-electron chi connectivity index (χ0n) is 16.1. The molecule has 154 valence electrons. The molecule has 4 N–H and O–H groups in total. The molecule has 1 aromatic carbocycles. The third kappa shape index (κ3) is 2.39. The molecule has 2 amide bonds. The number of hydrogen-bond acceptors (Lipinski definition) is 7. The number of carbonyl (C=O) groups is 3. The summed E-state index contributed by atoms with van der Waals surface area (Å²) in [4.78, 5) is 55.1. The molecule has 0 radical (unpaired) electrons. The van der Waals surface area contributed by atoms with Gasteiger partial charge in [0.15, 0.2) is 5.92 Å². The van der Waals surface area contributed by atoms with Gasteiger partial charge in [0.2, 0.25) is 17.7 Å². The monoisotopic (exact) mass is 410 g/mol. The van der Waals surface area contributed by atoms with Crippen LogP contribution in [0.3, 0.4) is 0 Å². The van der Waals surface area contributed by atoms with Crippen LogP contribution in [-0.2, 0) is 24.5 Å². The van der Waals surface area contributed by atoms with Crippen LogP contribution in [0.25, 0.3) is 0 Å². The molecule has 2 aromatic rings. The van der Waals surface area contributed by atoms with E-state index in [0.717, 1.165) is 12.0 Å². The Morgan fingerprint density at radius 3 is 2.70 bits per heavy atom. The number of aromatic nitrogens is 1. The number of benzene rings is 1. The Balaban J connectivity index is 2.15. The van der Waals surface area contributed by atoms with Crippen LogP contribution in [0, 0.1) is 18.3 Å². The number of carbonyl (C=O) groups excluding carboxylic acids is 3. The van der Waals surface area contributed by atoms with Crippen molar-refractivity contribution in [1.29, 1.82) is 5.41 Å². The van der Waals surface area contributed by atoms with Crippen molar-refractivity contribution in [2.24, 2.45) is 11.7 Å². The van der Waals surface area contributed by atoms with Gasteiger partial charge >= 0.3 is 5.97 Å². The van der Waals surface area contributed by atoms with Gasteiger partial charge in [-0.1, -0.05) is 18.2 Å². The van der Waals surface area contributed by atoms with E-state index in [4.69, 9.17) is 20.6 Å². The fourth-order valence-electron chi connectivity index (χ4n) is 4.35. The fraction of sp³-hybridized carbons (Fsp3) is 0.250. The van der Waals surface area contributed by atoms with Crippen LogP contribution in [-0.4, -0.2) is 42.3 Å². The van der Waals surface area contributed by atoms with Crippen molar-refractivity contribution >= 4 is 29.4 Å². The number of aromatic amines is 1. The number of methoxy groups -OCH3 is 1. The lowest BCUT2D eigenvalue weighted by Gasteiger charge is -2.39. The number of aryl methyl sites for hydroxylation is 1. The van der Waals surface area contributed by atoms with Gasteiger partial charge in [0, 0.05) is 17.4 Å². The van der Waals surface area contributed by atoms with Gasteiger partial charge < -0.3 is 25.1 Å². The number of primary amides is 1. The molecule has 2 unspecified atom stereocenters. The molecule has 10 heteroatoms. The van der Waals surface area contributed by atoms with Crippen molar-refractivity contribution < 1.29 is 23.9 Å². The number of para-hydroxylation sites is 1. The van der Waals surface area contributed by atoms with Crippen molar-refractivity contribution in [2.75, 3.05) is 18.6 Å². The van der Waals surface area contributed by atoms with Gasteiger partial charge in [-0.3, -0.25) is 24.6 Å². The first-order valence-electron chi connectivity index (χ1n) is 9.01. The highest BCUT2D eigenvalue weighted by Crippen LogP contribution is 2.54. The summed E-state index contributed by atoms with van der Waals surface area (Å²) in [5.41, 5.74) is 3.69. The number of amides is 2. The summed E-state index contributed by atoms with van der Waals surface area (Å²) in [5, 5.41) is 8.38. The molecule has 0 aliphatic carbocycles. The lowest BCUT2D eigenvalue weighted by atomic mass is 9.65. The molecule has 3 heterocycles. The summed E-state index contributed by atoms with van der Waals surface area (Å²) in [6.45, 7) is 1.16. The van der Waals surface area contributed by atoms with E-state index in [9.17, 15) is 19.2 Å². The van der Waals surface area contributed by atoms with Gasteiger partial charge in [-0.15, -0.1) is 0 Å². The zero-order valence-corrected chi connectivity index (χ0v) is 16.1. The predicted octanol–water partition coefficient (Wildman–Crippen LogP) is -0.0398. The molecule has 2 aliphatic rings. The summed E-state index contributed by atoms with van der Waals surface area (Å²) in [5.74, 6) is -4.54. The van der Waals surface area contributed by atoms with Crippen LogP contribution in [0.1, 0.15) is 16.8 Å². The second-order valence-corrected chi connectivity index (χ2v) is 7.13. The van der Waals surface area contributed by atoms with E-state index in [1.807, 2.05) is 0 Å². The Morgan fingerprint density at radius 2 is 2.03 bits per heavy atom. The number of anilines is 1. The van der Waals surface area contributed by atoms with Crippen molar-refractivity contribution in [3.05, 3.63) is 57.5 Å². The largest absolute Gasteiger partial charge is 0.468 e. The molecule has 0 bridgehead atoms. The van der Waals surface area contributed by atoms with Gasteiger partial charge in [-0.05, 0) is 18.6 Å². The number of nitrogens with two attached hydrogens (primary N) is 1. The topological polar surface area (TPSA) is 156 Å². The van der Waals surface area contributed by atoms with Gasteiger partial charge in [-0.25, -0.2) is 0 Å². The third-order valence-corrected chi connectivity index (χ3v) is 5.39. The molecule has 0 saturated heterocycles. The standard InChI is InChI=1S/C20H18N4O6/c1-9-7-12-14(17(26)23-9)20(15(16(22)30-12)18(27)29-2)10-5-3-4-6-11(10)24(19(20)28)8-13(21)25/h3-7,15,22H,8H2,1-2H3,(H2,21,25)(H,23,26). The number of esters is 1. The first-order chi connectivity index (χ1) is 14.2. The molecule has 30 heavy (non-hydrogen) atoms. The maximum absolute atomic E-state index is 13.9. The normalized spacial score (nSPS) is 21.8. The molecule has 1 spiro atoms. The number of pyridine rings is 1. The number of nitrogens with zero attached hydrogens (tertiary/aromatic N) is 1. The second-order valence-electron chi connectivity index (χ2n) is 7.13. The number of hydrogen-bond donors (Lipinski definition) is 3. The van der Waals surface area contributed by atoms with Crippen LogP contribution in [0.15, 0.2) is 35.1 Å². The summed E-state index contributed by atoms with van der Waals surface area (Å²) >= 11 is 0. The SMILES string of the molecule is COC(=O)C1C(=N)Oc2cc(C)[nH]c(=O)c2C12C(=O)N(CC(N)=O)c1ccccc12. The Hall–Kier alpha value is -3.95. The lowest BCUT2D eigenvalue weighted by molar-refractivity contribution is -0.147. The van der Waals surface area contributed by atoms with Crippen molar-refractivity contribution in [1.82, 2.24) is 4.98 Å². The Bertz CT molecular complexity index is 1190. The average molecular weight is 410 g/mol. The van der Waals surface area contributed by atoms with Gasteiger partial charge in [0.1, 0.15) is 17.7 Å². The highest BCUT2D eigenvalue weighted by atomic mass is 16.5. The second kappa shape index (κ2) is 6.55. The van der Waals surface area contributed by atoms with E-state index >= 15 is 0 Å². The van der Waals surface area contributed by atoms with Gasteiger partial charge in [-0.2, -0.15) is 0 Å². The smallest absolute Gasteiger partial charge is 0.319 e. The Labute approximate surface area is 170 Å². The van der Waals surface area contributed by atoms with Crippen LogP contribution in [0.2, 0.25) is 0 Å². The minimum atomic E-state index is -1.94. The maximum Gasteiger partial charge on any atom is 0.319 e. The summed E-state index contributed by atoms with van der Waals surface area (Å²) in [6, 6.07) is 7.92. The highest BCUT2D eigenvalue weighted by molar-refractivity contribution is 6.19.